The summed E-state index contributed by atoms with van der Waals surface area (Å²) in [6.45, 7) is 5.63. The van der Waals surface area contributed by atoms with E-state index in [-0.39, 0.29) is 23.7 Å². The number of aromatic nitrogens is 1. The van der Waals surface area contributed by atoms with E-state index in [1.807, 2.05) is 13.0 Å². The Balaban J connectivity index is 0.00000243. The smallest absolute Gasteiger partial charge is 0.267 e. The van der Waals surface area contributed by atoms with E-state index in [0.717, 1.165) is 19.6 Å². The lowest BCUT2D eigenvalue weighted by atomic mass is 10.1. The number of likely N-dealkylation sites (tertiary alicyclic amines) is 1. The molecular weight excluding hydrogens is 354 g/mol. The summed E-state index contributed by atoms with van der Waals surface area (Å²) in [6, 6.07) is 7.09. The van der Waals surface area contributed by atoms with Gasteiger partial charge in [-0.1, -0.05) is 18.6 Å². The maximum Gasteiger partial charge on any atom is 0.267 e. The van der Waals surface area contributed by atoms with Gasteiger partial charge in [-0.3, -0.25) is 9.59 Å². The average molecular weight is 380 g/mol. The molecule has 0 radical (unpaired) electrons. The van der Waals surface area contributed by atoms with Crippen LogP contribution in [-0.4, -0.2) is 46.7 Å². The molecule has 6 nitrogen and oxygen atoms in total. The molecule has 0 saturated carbocycles. The molecule has 2 aromatic rings. The Morgan fingerprint density at radius 3 is 2.58 bits per heavy atom. The maximum atomic E-state index is 12.7. The SMILES string of the molecule is CCn1c(=O)c(C(=O)NCCN2CCCCC2)c(O)c2ccccc21.Cl. The number of para-hydroxylation sites is 1. The molecule has 0 aliphatic carbocycles. The fourth-order valence-electron chi connectivity index (χ4n) is 3.51. The number of benzene rings is 1. The highest BCUT2D eigenvalue weighted by Gasteiger charge is 2.21. The molecule has 3 rings (SSSR count). The molecule has 1 aliphatic rings. The van der Waals surface area contributed by atoms with Crippen LogP contribution in [0, 0.1) is 0 Å². The minimum absolute atomic E-state index is 0. The molecule has 0 spiro atoms. The number of rotatable bonds is 5. The number of nitrogens with one attached hydrogen (secondary N) is 1. The van der Waals surface area contributed by atoms with Gasteiger partial charge in [0.05, 0.1) is 5.52 Å². The first-order valence-electron chi connectivity index (χ1n) is 8.98. The summed E-state index contributed by atoms with van der Waals surface area (Å²) >= 11 is 0. The number of hydrogen-bond acceptors (Lipinski definition) is 4. The monoisotopic (exact) mass is 379 g/mol. The van der Waals surface area contributed by atoms with Crippen LogP contribution in [-0.2, 0) is 6.54 Å². The molecule has 0 atom stereocenters. The number of carbonyl (C=O) groups is 1. The fraction of sp³-hybridized carbons (Fsp3) is 0.474. The molecular formula is C19H26ClN3O3. The number of piperidine rings is 1. The maximum absolute atomic E-state index is 12.7. The molecule has 1 aliphatic heterocycles. The van der Waals surface area contributed by atoms with Crippen molar-refractivity contribution >= 4 is 29.2 Å². The van der Waals surface area contributed by atoms with E-state index >= 15 is 0 Å². The quantitative estimate of drug-likeness (QED) is 0.836. The van der Waals surface area contributed by atoms with Gasteiger partial charge in [0.15, 0.2) is 0 Å². The van der Waals surface area contributed by atoms with Crippen molar-refractivity contribution < 1.29 is 9.90 Å². The van der Waals surface area contributed by atoms with Crippen LogP contribution in [0.15, 0.2) is 29.1 Å². The first-order valence-corrected chi connectivity index (χ1v) is 8.98. The molecule has 0 unspecified atom stereocenters. The lowest BCUT2D eigenvalue weighted by Crippen LogP contribution is -2.39. The minimum Gasteiger partial charge on any atom is -0.506 e. The largest absolute Gasteiger partial charge is 0.506 e. The number of nitrogens with zero attached hydrogens (tertiary/aromatic N) is 2. The van der Waals surface area contributed by atoms with Crippen molar-refractivity contribution in [2.24, 2.45) is 0 Å². The second-order valence-corrected chi connectivity index (χ2v) is 6.45. The van der Waals surface area contributed by atoms with Crippen LogP contribution in [0.25, 0.3) is 10.9 Å². The van der Waals surface area contributed by atoms with Crippen LogP contribution in [0.3, 0.4) is 0 Å². The van der Waals surface area contributed by atoms with Crippen molar-refractivity contribution in [3.8, 4) is 5.75 Å². The summed E-state index contributed by atoms with van der Waals surface area (Å²) in [5.41, 5.74) is 0.0192. The molecule has 1 aromatic heterocycles. The molecule has 2 heterocycles. The van der Waals surface area contributed by atoms with Crippen molar-refractivity contribution in [1.82, 2.24) is 14.8 Å². The molecule has 142 valence electrons. The predicted molar refractivity (Wildman–Crippen MR) is 105 cm³/mol. The molecule has 2 N–H and O–H groups in total. The standard InChI is InChI=1S/C19H25N3O3.ClH/c1-2-22-15-9-5-4-8-14(15)17(23)16(19(22)25)18(24)20-10-13-21-11-6-3-7-12-21;/h4-5,8-9,23H,2-3,6-7,10-13H2,1H3,(H,20,24);1H. The number of pyridine rings is 1. The average Bonchev–Trinajstić information content (AvgIpc) is 2.63. The zero-order valence-corrected chi connectivity index (χ0v) is 15.8. The molecule has 0 bridgehead atoms. The molecule has 7 heteroatoms. The first-order chi connectivity index (χ1) is 12.1. The summed E-state index contributed by atoms with van der Waals surface area (Å²) in [5.74, 6) is -0.742. The van der Waals surface area contributed by atoms with Crippen molar-refractivity contribution in [3.05, 3.63) is 40.2 Å². The third-order valence-electron chi connectivity index (χ3n) is 4.85. The Bertz CT molecular complexity index is 829. The van der Waals surface area contributed by atoms with Crippen molar-refractivity contribution in [3.63, 3.8) is 0 Å². The number of aryl methyl sites for hydroxylation is 1. The molecule has 1 fully saturated rings. The Labute approximate surface area is 159 Å². The Morgan fingerprint density at radius 2 is 1.88 bits per heavy atom. The summed E-state index contributed by atoms with van der Waals surface area (Å²) in [6.07, 6.45) is 3.66. The molecule has 1 aromatic carbocycles. The normalized spacial score (nSPS) is 14.8. The van der Waals surface area contributed by atoms with Gasteiger partial charge in [-0.05, 0) is 45.0 Å². The van der Waals surface area contributed by atoms with E-state index in [1.54, 1.807) is 18.2 Å². The topological polar surface area (TPSA) is 74.6 Å². The van der Waals surface area contributed by atoms with Gasteiger partial charge in [0, 0.05) is 25.0 Å². The Morgan fingerprint density at radius 1 is 1.19 bits per heavy atom. The summed E-state index contributed by atoms with van der Waals surface area (Å²) < 4.78 is 1.52. The lowest BCUT2D eigenvalue weighted by molar-refractivity contribution is 0.0942. The molecule has 26 heavy (non-hydrogen) atoms. The number of aromatic hydroxyl groups is 1. The second kappa shape index (κ2) is 9.05. The number of halogens is 1. The van der Waals surface area contributed by atoms with Crippen molar-refractivity contribution in [2.75, 3.05) is 26.2 Å². The van der Waals surface area contributed by atoms with Crippen LogP contribution in [0.5, 0.6) is 5.75 Å². The highest BCUT2D eigenvalue weighted by Crippen LogP contribution is 2.26. The van der Waals surface area contributed by atoms with E-state index in [2.05, 4.69) is 10.2 Å². The lowest BCUT2D eigenvalue weighted by Gasteiger charge is -2.26. The van der Waals surface area contributed by atoms with Crippen LogP contribution in [0.1, 0.15) is 36.5 Å². The van der Waals surface area contributed by atoms with E-state index in [4.69, 9.17) is 0 Å². The molecule has 1 amide bonds. The van der Waals surface area contributed by atoms with Gasteiger partial charge >= 0.3 is 0 Å². The third kappa shape index (κ3) is 4.02. The van der Waals surface area contributed by atoms with Gasteiger partial charge in [-0.15, -0.1) is 12.4 Å². The van der Waals surface area contributed by atoms with Gasteiger partial charge in [-0.2, -0.15) is 0 Å². The first kappa shape index (κ1) is 20.3. The molecule has 1 saturated heterocycles. The van der Waals surface area contributed by atoms with E-state index in [1.165, 1.54) is 23.8 Å². The van der Waals surface area contributed by atoms with E-state index in [9.17, 15) is 14.7 Å². The number of fused-ring (bicyclic) bond motifs is 1. The Kier molecular flexibility index (Phi) is 7.06. The van der Waals surface area contributed by atoms with E-state index < -0.39 is 11.5 Å². The highest BCUT2D eigenvalue weighted by molar-refractivity contribution is 6.02. The zero-order chi connectivity index (χ0) is 17.8. The number of amides is 1. The van der Waals surface area contributed by atoms with Crippen molar-refractivity contribution in [1.29, 1.82) is 0 Å². The van der Waals surface area contributed by atoms with Crippen LogP contribution in [0.2, 0.25) is 0 Å². The summed E-state index contributed by atoms with van der Waals surface area (Å²) in [5, 5.41) is 13.8. The zero-order valence-electron chi connectivity index (χ0n) is 15.0. The fourth-order valence-corrected chi connectivity index (χ4v) is 3.51. The predicted octanol–water partition coefficient (Wildman–Crippen LogP) is 2.36. The third-order valence-corrected chi connectivity index (χ3v) is 4.85. The van der Waals surface area contributed by atoms with E-state index in [0.29, 0.717) is 24.0 Å². The number of hydrogen-bond donors (Lipinski definition) is 2. The van der Waals surface area contributed by atoms with Crippen LogP contribution in [0.4, 0.5) is 0 Å². The highest BCUT2D eigenvalue weighted by atomic mass is 35.5. The van der Waals surface area contributed by atoms with Gasteiger partial charge in [0.1, 0.15) is 11.3 Å². The van der Waals surface area contributed by atoms with Crippen LogP contribution < -0.4 is 10.9 Å². The van der Waals surface area contributed by atoms with Crippen molar-refractivity contribution in [2.45, 2.75) is 32.7 Å². The van der Waals surface area contributed by atoms with Gasteiger partial charge in [0.25, 0.3) is 11.5 Å². The van der Waals surface area contributed by atoms with Gasteiger partial charge < -0.3 is 19.9 Å². The number of carbonyl (C=O) groups excluding carboxylic acids is 1. The minimum atomic E-state index is -0.507. The summed E-state index contributed by atoms with van der Waals surface area (Å²) in [7, 11) is 0. The van der Waals surface area contributed by atoms with Gasteiger partial charge in [0.2, 0.25) is 0 Å². The Hall–Kier alpha value is -2.05. The summed E-state index contributed by atoms with van der Waals surface area (Å²) in [4.78, 5) is 27.5. The van der Waals surface area contributed by atoms with Crippen LogP contribution >= 0.6 is 12.4 Å². The van der Waals surface area contributed by atoms with Gasteiger partial charge in [-0.25, -0.2) is 0 Å². The second-order valence-electron chi connectivity index (χ2n) is 6.45.